The highest BCUT2D eigenvalue weighted by Crippen LogP contribution is 2.29. The Hall–Kier alpha value is -3.07. The number of halogens is 2. The Morgan fingerprint density at radius 1 is 1.09 bits per heavy atom. The molecule has 1 N–H and O–H groups in total. The molecule has 2 heterocycles. The molecule has 4 rings (SSSR count). The number of para-hydroxylation sites is 1. The van der Waals surface area contributed by atoms with E-state index in [2.05, 4.69) is 20.5 Å². The molecule has 0 aliphatic rings. The number of carbonyl (C=O) groups is 1. The zero-order valence-electron chi connectivity index (χ0n) is 16.8. The number of methoxy groups -OCH3 is 1. The molecular formula is C22H17Cl2N5O2S. The number of aromatic nitrogens is 4. The molecule has 2 aromatic carbocycles. The van der Waals surface area contributed by atoms with Crippen LogP contribution in [0.2, 0.25) is 10.0 Å². The van der Waals surface area contributed by atoms with Crippen molar-refractivity contribution < 1.29 is 9.53 Å². The molecule has 0 fully saturated rings. The van der Waals surface area contributed by atoms with Gasteiger partial charge in [0, 0.05) is 17.4 Å². The van der Waals surface area contributed by atoms with Crippen molar-refractivity contribution in [3.05, 3.63) is 76.9 Å². The minimum atomic E-state index is -0.277. The molecule has 32 heavy (non-hydrogen) atoms. The van der Waals surface area contributed by atoms with E-state index in [1.54, 1.807) is 7.11 Å². The first kappa shape index (κ1) is 22.1. The van der Waals surface area contributed by atoms with Crippen molar-refractivity contribution in [3.63, 3.8) is 0 Å². The number of hydrogen-bond acceptors (Lipinski definition) is 6. The van der Waals surface area contributed by atoms with Crippen LogP contribution in [0.4, 0.5) is 5.82 Å². The van der Waals surface area contributed by atoms with Gasteiger partial charge in [-0.05, 0) is 42.5 Å². The number of ether oxygens (including phenoxy) is 1. The largest absolute Gasteiger partial charge is 0.497 e. The third-order valence-corrected chi connectivity index (χ3v) is 5.82. The molecule has 2 aromatic heterocycles. The summed E-state index contributed by atoms with van der Waals surface area (Å²) in [6.45, 7) is 0. The van der Waals surface area contributed by atoms with Crippen molar-refractivity contribution in [3.8, 4) is 22.8 Å². The predicted octanol–water partition coefficient (Wildman–Crippen LogP) is 5.38. The molecule has 0 bridgehead atoms. The number of pyridine rings is 1. The van der Waals surface area contributed by atoms with E-state index in [1.165, 1.54) is 24.0 Å². The maximum Gasteiger partial charge on any atom is 0.236 e. The summed E-state index contributed by atoms with van der Waals surface area (Å²) in [4.78, 5) is 16.5. The van der Waals surface area contributed by atoms with Crippen LogP contribution in [-0.4, -0.2) is 38.5 Å². The Kier molecular flexibility index (Phi) is 6.94. The zero-order chi connectivity index (χ0) is 22.5. The van der Waals surface area contributed by atoms with Crippen molar-refractivity contribution in [2.24, 2.45) is 0 Å². The molecule has 162 valence electrons. The fourth-order valence-electron chi connectivity index (χ4n) is 2.91. The number of rotatable bonds is 7. The van der Waals surface area contributed by atoms with Gasteiger partial charge in [0.05, 0.1) is 22.9 Å². The van der Waals surface area contributed by atoms with E-state index < -0.39 is 0 Å². The minimum absolute atomic E-state index is 0.0915. The van der Waals surface area contributed by atoms with Crippen LogP contribution >= 0.6 is 35.0 Å². The monoisotopic (exact) mass is 485 g/mol. The normalized spacial score (nSPS) is 10.7. The highest BCUT2D eigenvalue weighted by molar-refractivity contribution is 7.99. The molecule has 0 unspecified atom stereocenters. The summed E-state index contributed by atoms with van der Waals surface area (Å²) in [7, 11) is 1.62. The maximum atomic E-state index is 12.5. The molecule has 10 heteroatoms. The molecule has 0 saturated heterocycles. The summed E-state index contributed by atoms with van der Waals surface area (Å²) < 4.78 is 7.15. The quantitative estimate of drug-likeness (QED) is 0.354. The summed E-state index contributed by atoms with van der Waals surface area (Å²) in [6.07, 6.45) is 1.42. The summed E-state index contributed by atoms with van der Waals surface area (Å²) in [5, 5.41) is 12.6. The van der Waals surface area contributed by atoms with E-state index in [9.17, 15) is 4.79 Å². The van der Waals surface area contributed by atoms with Gasteiger partial charge in [0.1, 0.15) is 5.75 Å². The Bertz CT molecular complexity index is 1230. The van der Waals surface area contributed by atoms with Crippen LogP contribution in [0.25, 0.3) is 17.1 Å². The lowest BCUT2D eigenvalue weighted by Crippen LogP contribution is -2.15. The van der Waals surface area contributed by atoms with Crippen LogP contribution in [0.5, 0.6) is 5.75 Å². The Balaban J connectivity index is 1.58. The first-order chi connectivity index (χ1) is 15.5. The smallest absolute Gasteiger partial charge is 0.236 e. The first-order valence-corrected chi connectivity index (χ1v) is 11.2. The lowest BCUT2D eigenvalue weighted by Gasteiger charge is -2.11. The van der Waals surface area contributed by atoms with Gasteiger partial charge in [-0.15, -0.1) is 10.2 Å². The SMILES string of the molecule is COc1ccc(-c2nnc(SCC(=O)Nc3ncc(Cl)cc3Cl)n2-c2ccccc2)cc1. The average Bonchev–Trinajstić information content (AvgIpc) is 3.24. The van der Waals surface area contributed by atoms with Crippen molar-refractivity contribution in [1.82, 2.24) is 19.7 Å². The number of nitrogens with one attached hydrogen (secondary N) is 1. The molecule has 4 aromatic rings. The Morgan fingerprint density at radius 3 is 2.53 bits per heavy atom. The van der Waals surface area contributed by atoms with Crippen LogP contribution in [0, 0.1) is 0 Å². The second kappa shape index (κ2) is 10.0. The first-order valence-electron chi connectivity index (χ1n) is 9.44. The molecular weight excluding hydrogens is 469 g/mol. The zero-order valence-corrected chi connectivity index (χ0v) is 19.2. The van der Waals surface area contributed by atoms with E-state index in [0.29, 0.717) is 16.0 Å². The highest BCUT2D eigenvalue weighted by Gasteiger charge is 2.18. The molecule has 0 aliphatic carbocycles. The lowest BCUT2D eigenvalue weighted by molar-refractivity contribution is -0.113. The van der Waals surface area contributed by atoms with E-state index in [4.69, 9.17) is 27.9 Å². The van der Waals surface area contributed by atoms with Crippen LogP contribution in [0.1, 0.15) is 0 Å². The van der Waals surface area contributed by atoms with E-state index in [0.717, 1.165) is 17.0 Å². The number of nitrogens with zero attached hydrogens (tertiary/aromatic N) is 4. The lowest BCUT2D eigenvalue weighted by atomic mass is 10.2. The van der Waals surface area contributed by atoms with Gasteiger partial charge >= 0.3 is 0 Å². The molecule has 0 atom stereocenters. The summed E-state index contributed by atoms with van der Waals surface area (Å²) >= 11 is 13.2. The minimum Gasteiger partial charge on any atom is -0.497 e. The molecule has 0 radical (unpaired) electrons. The van der Waals surface area contributed by atoms with Gasteiger partial charge in [-0.25, -0.2) is 4.98 Å². The fourth-order valence-corrected chi connectivity index (χ4v) is 4.08. The van der Waals surface area contributed by atoms with Crippen molar-refractivity contribution in [2.45, 2.75) is 5.16 Å². The van der Waals surface area contributed by atoms with Gasteiger partial charge in [-0.3, -0.25) is 9.36 Å². The molecule has 0 spiro atoms. The van der Waals surface area contributed by atoms with E-state index in [1.807, 2.05) is 59.2 Å². The maximum absolute atomic E-state index is 12.5. The van der Waals surface area contributed by atoms with Gasteiger partial charge < -0.3 is 10.1 Å². The number of benzene rings is 2. The van der Waals surface area contributed by atoms with Gasteiger partial charge in [-0.2, -0.15) is 0 Å². The van der Waals surface area contributed by atoms with Gasteiger partial charge in [-0.1, -0.05) is 53.2 Å². The number of hydrogen-bond donors (Lipinski definition) is 1. The Labute approximate surface area is 198 Å². The third kappa shape index (κ3) is 5.04. The van der Waals surface area contributed by atoms with Crippen LogP contribution in [-0.2, 0) is 4.79 Å². The number of thioether (sulfide) groups is 1. The molecule has 7 nitrogen and oxygen atoms in total. The summed E-state index contributed by atoms with van der Waals surface area (Å²) in [5.74, 6) is 1.48. The average molecular weight is 486 g/mol. The van der Waals surface area contributed by atoms with Crippen LogP contribution in [0.15, 0.2) is 72.0 Å². The van der Waals surface area contributed by atoms with E-state index >= 15 is 0 Å². The summed E-state index contributed by atoms with van der Waals surface area (Å²) in [5.41, 5.74) is 1.75. The third-order valence-electron chi connectivity index (χ3n) is 4.39. The Morgan fingerprint density at radius 2 is 1.84 bits per heavy atom. The van der Waals surface area contributed by atoms with Crippen molar-refractivity contribution in [1.29, 1.82) is 0 Å². The van der Waals surface area contributed by atoms with Crippen molar-refractivity contribution in [2.75, 3.05) is 18.2 Å². The second-order valence-corrected chi connectivity index (χ2v) is 8.31. The van der Waals surface area contributed by atoms with E-state index in [-0.39, 0.29) is 22.5 Å². The van der Waals surface area contributed by atoms with Gasteiger partial charge in [0.15, 0.2) is 16.8 Å². The summed E-state index contributed by atoms with van der Waals surface area (Å²) in [6, 6.07) is 18.8. The van der Waals surface area contributed by atoms with Crippen molar-refractivity contribution >= 4 is 46.7 Å². The van der Waals surface area contributed by atoms with Crippen LogP contribution in [0.3, 0.4) is 0 Å². The molecule has 1 amide bonds. The number of carbonyl (C=O) groups excluding carboxylic acids is 1. The highest BCUT2D eigenvalue weighted by atomic mass is 35.5. The standard InChI is InChI=1S/C22H17Cl2N5O2S/c1-31-17-9-7-14(8-10-17)21-27-28-22(29(21)16-5-3-2-4-6-16)32-13-19(30)26-20-18(24)11-15(23)12-25-20/h2-12H,13H2,1H3,(H,25,26,30). The second-order valence-electron chi connectivity index (χ2n) is 6.53. The predicted molar refractivity (Wildman–Crippen MR) is 127 cm³/mol. The van der Waals surface area contributed by atoms with Crippen LogP contribution < -0.4 is 10.1 Å². The molecule has 0 saturated carbocycles. The number of amides is 1. The topological polar surface area (TPSA) is 81.9 Å². The number of anilines is 1. The van der Waals surface area contributed by atoms with Gasteiger partial charge in [0.2, 0.25) is 5.91 Å². The van der Waals surface area contributed by atoms with Gasteiger partial charge in [0.25, 0.3) is 0 Å². The molecule has 0 aliphatic heterocycles. The fraction of sp³-hybridized carbons (Fsp3) is 0.0909.